The molecule has 0 aliphatic carbocycles. The van der Waals surface area contributed by atoms with E-state index in [1.54, 1.807) is 4.90 Å². The highest BCUT2D eigenvalue weighted by atomic mass is 19.1. The smallest absolute Gasteiger partial charge is 0.404 e. The van der Waals surface area contributed by atoms with Crippen molar-refractivity contribution in [1.29, 1.82) is 0 Å². The topological polar surface area (TPSA) is 112 Å². The van der Waals surface area contributed by atoms with Gasteiger partial charge in [0.05, 0.1) is 11.5 Å². The molecule has 0 aromatic carbocycles. The number of halogens is 1. The minimum absolute atomic E-state index is 0.110. The number of nitro groups is 1. The maximum absolute atomic E-state index is 13.6. The number of nitrogens with two attached hydrogens (primary N) is 1. The molecule has 1 aromatic rings. The van der Waals surface area contributed by atoms with Crippen LogP contribution in [0.2, 0.25) is 0 Å². The molecule has 0 saturated carbocycles. The Morgan fingerprint density at radius 3 is 2.95 bits per heavy atom. The third kappa shape index (κ3) is 3.36. The lowest BCUT2D eigenvalue weighted by Gasteiger charge is -2.36. The Morgan fingerprint density at radius 2 is 2.33 bits per heavy atom. The van der Waals surface area contributed by atoms with E-state index in [1.165, 1.54) is 12.3 Å². The number of hydrogen-bond donors (Lipinski definition) is 1. The van der Waals surface area contributed by atoms with Crippen molar-refractivity contribution in [2.75, 3.05) is 18.0 Å². The first-order chi connectivity index (χ1) is 9.88. The van der Waals surface area contributed by atoms with Crippen LogP contribution in [0.15, 0.2) is 12.3 Å². The number of ether oxygens (including phenoxy) is 1. The molecule has 9 heteroatoms. The van der Waals surface area contributed by atoms with Gasteiger partial charge in [0.1, 0.15) is 11.8 Å². The molecular formula is C12H15FN4O4. The van der Waals surface area contributed by atoms with Gasteiger partial charge in [0.2, 0.25) is 0 Å². The Kier molecular flexibility index (Phi) is 4.20. The predicted molar refractivity (Wildman–Crippen MR) is 71.3 cm³/mol. The summed E-state index contributed by atoms with van der Waals surface area (Å²) < 4.78 is 18.5. The highest BCUT2D eigenvalue weighted by molar-refractivity contribution is 5.65. The van der Waals surface area contributed by atoms with Crippen LogP contribution in [-0.4, -0.2) is 35.2 Å². The van der Waals surface area contributed by atoms with Crippen LogP contribution in [0.25, 0.3) is 0 Å². The zero-order valence-electron chi connectivity index (χ0n) is 11.4. The SMILES string of the molecule is C[C@@H]1C[C@H](OC(N)=O)CN(c2ccnc(F)c2[N+](=O)[O-])C1. The first kappa shape index (κ1) is 14.9. The van der Waals surface area contributed by atoms with Crippen molar-refractivity contribution in [2.45, 2.75) is 19.4 Å². The van der Waals surface area contributed by atoms with Crippen LogP contribution in [0.3, 0.4) is 0 Å². The van der Waals surface area contributed by atoms with Crippen LogP contribution >= 0.6 is 0 Å². The molecule has 0 unspecified atom stereocenters. The van der Waals surface area contributed by atoms with E-state index in [0.717, 1.165) is 0 Å². The molecule has 1 saturated heterocycles. The zero-order valence-corrected chi connectivity index (χ0v) is 11.4. The van der Waals surface area contributed by atoms with Gasteiger partial charge in [-0.15, -0.1) is 0 Å². The minimum atomic E-state index is -1.14. The van der Waals surface area contributed by atoms with Crippen molar-refractivity contribution in [1.82, 2.24) is 4.98 Å². The molecule has 1 aliphatic heterocycles. The first-order valence-corrected chi connectivity index (χ1v) is 6.38. The number of primary amides is 1. The molecule has 1 fully saturated rings. The fourth-order valence-corrected chi connectivity index (χ4v) is 2.58. The third-order valence-electron chi connectivity index (χ3n) is 3.29. The average Bonchev–Trinajstić information content (AvgIpc) is 2.36. The van der Waals surface area contributed by atoms with E-state index in [4.69, 9.17) is 10.5 Å². The summed E-state index contributed by atoms with van der Waals surface area (Å²) in [5.74, 6) is -1.03. The van der Waals surface area contributed by atoms with Crippen LogP contribution in [0, 0.1) is 22.0 Å². The second-order valence-electron chi connectivity index (χ2n) is 5.03. The quantitative estimate of drug-likeness (QED) is 0.513. The molecule has 21 heavy (non-hydrogen) atoms. The highest BCUT2D eigenvalue weighted by Crippen LogP contribution is 2.33. The summed E-state index contributed by atoms with van der Waals surface area (Å²) in [5, 5.41) is 11.0. The Labute approximate surface area is 119 Å². The molecule has 2 heterocycles. The van der Waals surface area contributed by atoms with Gasteiger partial charge in [0, 0.05) is 12.7 Å². The average molecular weight is 298 g/mol. The van der Waals surface area contributed by atoms with Crippen LogP contribution in [0.1, 0.15) is 13.3 Å². The van der Waals surface area contributed by atoms with Gasteiger partial charge in [-0.1, -0.05) is 6.92 Å². The number of nitrogens with zero attached hydrogens (tertiary/aromatic N) is 3. The number of carbonyl (C=O) groups excluding carboxylic acids is 1. The largest absolute Gasteiger partial charge is 0.445 e. The lowest BCUT2D eigenvalue weighted by Crippen LogP contribution is -2.45. The fraction of sp³-hybridized carbons (Fsp3) is 0.500. The van der Waals surface area contributed by atoms with Gasteiger partial charge >= 0.3 is 11.8 Å². The summed E-state index contributed by atoms with van der Waals surface area (Å²) in [6.07, 6.45) is 0.383. The first-order valence-electron chi connectivity index (χ1n) is 6.38. The minimum Gasteiger partial charge on any atom is -0.445 e. The lowest BCUT2D eigenvalue weighted by atomic mass is 9.97. The van der Waals surface area contributed by atoms with Gasteiger partial charge in [-0.3, -0.25) is 10.1 Å². The highest BCUT2D eigenvalue weighted by Gasteiger charge is 2.32. The van der Waals surface area contributed by atoms with Gasteiger partial charge < -0.3 is 15.4 Å². The predicted octanol–water partition coefficient (Wildman–Crippen LogP) is 1.44. The van der Waals surface area contributed by atoms with E-state index in [0.29, 0.717) is 13.0 Å². The molecule has 0 bridgehead atoms. The summed E-state index contributed by atoms with van der Waals surface area (Å²) in [5.41, 5.74) is 4.44. The van der Waals surface area contributed by atoms with Crippen molar-refractivity contribution in [3.05, 3.63) is 28.3 Å². The Hall–Kier alpha value is -2.45. The Balaban J connectivity index is 2.30. The summed E-state index contributed by atoms with van der Waals surface area (Å²) in [7, 11) is 0. The number of anilines is 1. The summed E-state index contributed by atoms with van der Waals surface area (Å²) >= 11 is 0. The second-order valence-corrected chi connectivity index (χ2v) is 5.03. The normalized spacial score (nSPS) is 21.9. The molecule has 2 N–H and O–H groups in total. The Bertz CT molecular complexity index is 568. The Morgan fingerprint density at radius 1 is 1.62 bits per heavy atom. The molecular weight excluding hydrogens is 283 g/mol. The summed E-state index contributed by atoms with van der Waals surface area (Å²) in [4.78, 5) is 26.0. The third-order valence-corrected chi connectivity index (χ3v) is 3.29. The molecule has 2 rings (SSSR count). The van der Waals surface area contributed by atoms with E-state index < -0.39 is 28.8 Å². The molecule has 8 nitrogen and oxygen atoms in total. The maximum Gasteiger partial charge on any atom is 0.404 e. The van der Waals surface area contributed by atoms with E-state index in [-0.39, 0.29) is 18.2 Å². The molecule has 114 valence electrons. The van der Waals surface area contributed by atoms with Crippen molar-refractivity contribution >= 4 is 17.5 Å². The second kappa shape index (κ2) is 5.90. The lowest BCUT2D eigenvalue weighted by molar-refractivity contribution is -0.387. The van der Waals surface area contributed by atoms with E-state index in [1.807, 2.05) is 6.92 Å². The summed E-state index contributed by atoms with van der Waals surface area (Å²) in [6.45, 7) is 2.62. The van der Waals surface area contributed by atoms with E-state index in [2.05, 4.69) is 4.98 Å². The van der Waals surface area contributed by atoms with Gasteiger partial charge in [0.15, 0.2) is 0 Å². The zero-order chi connectivity index (χ0) is 15.6. The van der Waals surface area contributed by atoms with Crippen molar-refractivity contribution < 1.29 is 18.8 Å². The number of pyridine rings is 1. The van der Waals surface area contributed by atoms with Crippen LogP contribution in [-0.2, 0) is 4.74 Å². The van der Waals surface area contributed by atoms with Gasteiger partial charge in [-0.2, -0.15) is 4.39 Å². The number of hydrogen-bond acceptors (Lipinski definition) is 6. The molecule has 1 aromatic heterocycles. The monoisotopic (exact) mass is 298 g/mol. The summed E-state index contributed by atoms with van der Waals surface area (Å²) in [6, 6.07) is 1.38. The van der Waals surface area contributed by atoms with Crippen molar-refractivity contribution in [2.24, 2.45) is 11.7 Å². The van der Waals surface area contributed by atoms with E-state index >= 15 is 0 Å². The van der Waals surface area contributed by atoms with Crippen LogP contribution in [0.4, 0.5) is 20.6 Å². The van der Waals surface area contributed by atoms with Gasteiger partial charge in [0.25, 0.3) is 5.95 Å². The molecule has 0 spiro atoms. The number of amides is 1. The maximum atomic E-state index is 13.6. The number of carbonyl (C=O) groups is 1. The van der Waals surface area contributed by atoms with E-state index in [9.17, 15) is 19.3 Å². The number of piperidine rings is 1. The van der Waals surface area contributed by atoms with Crippen molar-refractivity contribution in [3.63, 3.8) is 0 Å². The standard InChI is InChI=1S/C12H15FN4O4/c1-7-4-8(21-12(14)18)6-16(5-7)9-2-3-15-11(13)10(9)17(19)20/h2-3,7-8H,4-6H2,1H3,(H2,14,18)/t7-,8+/m1/s1. The number of rotatable bonds is 3. The van der Waals surface area contributed by atoms with Gasteiger partial charge in [-0.05, 0) is 18.4 Å². The number of aromatic nitrogens is 1. The van der Waals surface area contributed by atoms with Gasteiger partial charge in [-0.25, -0.2) is 9.78 Å². The molecule has 1 aliphatic rings. The van der Waals surface area contributed by atoms with Crippen LogP contribution < -0.4 is 10.6 Å². The fourth-order valence-electron chi connectivity index (χ4n) is 2.58. The molecule has 0 radical (unpaired) electrons. The van der Waals surface area contributed by atoms with Crippen LogP contribution in [0.5, 0.6) is 0 Å². The molecule has 2 atom stereocenters. The van der Waals surface area contributed by atoms with Crippen molar-refractivity contribution in [3.8, 4) is 0 Å². The molecule has 1 amide bonds.